The molecule has 0 spiro atoms. The van der Waals surface area contributed by atoms with Gasteiger partial charge in [-0.2, -0.15) is 0 Å². The first-order valence-corrected chi connectivity index (χ1v) is 9.42. The number of carbonyl (C=O) groups excluding carboxylic acids is 1. The minimum atomic E-state index is -0.337. The molecular weight excluding hydrogens is 333 g/mol. The summed E-state index contributed by atoms with van der Waals surface area (Å²) >= 11 is 0. The molecule has 2 fully saturated rings. The fourth-order valence-corrected chi connectivity index (χ4v) is 4.28. The molecule has 0 atom stereocenters. The molecule has 1 saturated heterocycles. The van der Waals surface area contributed by atoms with E-state index in [1.165, 1.54) is 25.0 Å². The molecule has 1 saturated carbocycles. The van der Waals surface area contributed by atoms with Gasteiger partial charge in [0, 0.05) is 11.6 Å². The van der Waals surface area contributed by atoms with Gasteiger partial charge in [0.05, 0.1) is 6.54 Å². The average molecular weight is 357 g/mol. The average Bonchev–Trinajstić information content (AvgIpc) is 3.41. The van der Waals surface area contributed by atoms with Gasteiger partial charge in [0.2, 0.25) is 5.91 Å². The minimum Gasteiger partial charge on any atom is -0.359 e. The lowest BCUT2D eigenvalue weighted by atomic mass is 9.94. The highest BCUT2D eigenvalue weighted by Crippen LogP contribution is 2.37. The number of halogens is 1. The number of likely N-dealkylation sites (tertiary alicyclic amines) is 1. The van der Waals surface area contributed by atoms with Crippen molar-refractivity contribution in [2.75, 3.05) is 13.1 Å². The number of rotatable bonds is 5. The normalized spacial score (nSPS) is 19.7. The molecule has 0 radical (unpaired) electrons. The Morgan fingerprint density at radius 3 is 2.54 bits per heavy atom. The van der Waals surface area contributed by atoms with Gasteiger partial charge in [-0.15, -0.1) is 0 Å². The van der Waals surface area contributed by atoms with Gasteiger partial charge in [0.1, 0.15) is 17.1 Å². The summed E-state index contributed by atoms with van der Waals surface area (Å²) in [5.41, 5.74) is 1.09. The highest BCUT2D eigenvalue weighted by atomic mass is 19.1. The highest BCUT2D eigenvalue weighted by molar-refractivity contribution is 5.86. The van der Waals surface area contributed by atoms with E-state index in [0.717, 1.165) is 44.3 Å². The first-order chi connectivity index (χ1) is 12.7. The zero-order valence-corrected chi connectivity index (χ0v) is 14.8. The van der Waals surface area contributed by atoms with Gasteiger partial charge in [-0.3, -0.25) is 9.69 Å². The summed E-state index contributed by atoms with van der Waals surface area (Å²) in [7, 11) is 0. The van der Waals surface area contributed by atoms with E-state index in [0.29, 0.717) is 18.0 Å². The van der Waals surface area contributed by atoms with E-state index < -0.39 is 0 Å². The van der Waals surface area contributed by atoms with E-state index in [1.54, 1.807) is 18.2 Å². The highest BCUT2D eigenvalue weighted by Gasteiger charge is 2.46. The summed E-state index contributed by atoms with van der Waals surface area (Å²) in [6.45, 7) is 2.36. The molecule has 138 valence electrons. The van der Waals surface area contributed by atoms with Crippen molar-refractivity contribution in [3.05, 3.63) is 41.9 Å². The fraction of sp³-hybridized carbons (Fsp3) is 0.500. The molecular formula is C20H24FN3O2. The standard InChI is InChI=1S/C20H24FN3O2/c21-16-7-5-15(6-8-16)18-13-17(26-23-18)14-22-19(25)20(9-1-2-10-20)24-11-3-4-12-24/h5-8,13H,1-4,9-12,14H2,(H,22,25). The predicted octanol–water partition coefficient (Wildman–Crippen LogP) is 3.51. The van der Waals surface area contributed by atoms with Crippen molar-refractivity contribution in [2.24, 2.45) is 0 Å². The monoisotopic (exact) mass is 357 g/mol. The maximum Gasteiger partial charge on any atom is 0.240 e. The third-order valence-corrected chi connectivity index (χ3v) is 5.69. The van der Waals surface area contributed by atoms with Crippen molar-refractivity contribution in [3.63, 3.8) is 0 Å². The number of nitrogens with zero attached hydrogens (tertiary/aromatic N) is 2. The molecule has 1 aliphatic carbocycles. The molecule has 1 aliphatic heterocycles. The number of hydrogen-bond donors (Lipinski definition) is 1. The minimum absolute atomic E-state index is 0.108. The van der Waals surface area contributed by atoms with Gasteiger partial charge in [-0.1, -0.05) is 18.0 Å². The fourth-order valence-electron chi connectivity index (χ4n) is 4.28. The molecule has 1 aromatic heterocycles. The molecule has 0 bridgehead atoms. The van der Waals surface area contributed by atoms with E-state index in [9.17, 15) is 9.18 Å². The second-order valence-corrected chi connectivity index (χ2v) is 7.30. The number of amides is 1. The molecule has 1 N–H and O–H groups in total. The van der Waals surface area contributed by atoms with Crippen LogP contribution < -0.4 is 5.32 Å². The summed E-state index contributed by atoms with van der Waals surface area (Å²) in [6.07, 6.45) is 6.46. The smallest absolute Gasteiger partial charge is 0.240 e. The summed E-state index contributed by atoms with van der Waals surface area (Å²) in [5, 5.41) is 7.09. The van der Waals surface area contributed by atoms with Crippen LogP contribution in [0.4, 0.5) is 4.39 Å². The largest absolute Gasteiger partial charge is 0.359 e. The van der Waals surface area contributed by atoms with Crippen LogP contribution in [0.15, 0.2) is 34.9 Å². The number of aromatic nitrogens is 1. The maximum atomic E-state index is 13.0. The summed E-state index contributed by atoms with van der Waals surface area (Å²) in [5.74, 6) is 0.428. The van der Waals surface area contributed by atoms with Gasteiger partial charge in [-0.25, -0.2) is 4.39 Å². The lowest BCUT2D eigenvalue weighted by Gasteiger charge is -2.37. The van der Waals surface area contributed by atoms with E-state index >= 15 is 0 Å². The maximum absolute atomic E-state index is 13.0. The van der Waals surface area contributed by atoms with E-state index in [4.69, 9.17) is 4.52 Å². The van der Waals surface area contributed by atoms with Crippen LogP contribution in [-0.2, 0) is 11.3 Å². The molecule has 5 nitrogen and oxygen atoms in total. The van der Waals surface area contributed by atoms with Crippen molar-refractivity contribution in [1.82, 2.24) is 15.4 Å². The van der Waals surface area contributed by atoms with Crippen LogP contribution in [-0.4, -0.2) is 34.6 Å². The molecule has 1 aromatic carbocycles. The topological polar surface area (TPSA) is 58.4 Å². The second-order valence-electron chi connectivity index (χ2n) is 7.30. The summed E-state index contributed by atoms with van der Waals surface area (Å²) in [4.78, 5) is 15.4. The van der Waals surface area contributed by atoms with Crippen LogP contribution in [0.2, 0.25) is 0 Å². The zero-order chi connectivity index (χ0) is 18.0. The molecule has 4 rings (SSSR count). The van der Waals surface area contributed by atoms with Crippen molar-refractivity contribution < 1.29 is 13.7 Å². The van der Waals surface area contributed by atoms with E-state index in [1.807, 2.05) is 0 Å². The van der Waals surface area contributed by atoms with Crippen LogP contribution in [0.5, 0.6) is 0 Å². The van der Waals surface area contributed by atoms with Crippen LogP contribution in [0.25, 0.3) is 11.3 Å². The van der Waals surface area contributed by atoms with Crippen LogP contribution in [0.3, 0.4) is 0 Å². The Morgan fingerprint density at radius 1 is 1.15 bits per heavy atom. The quantitative estimate of drug-likeness (QED) is 0.890. The Morgan fingerprint density at radius 2 is 1.85 bits per heavy atom. The van der Waals surface area contributed by atoms with E-state index in [-0.39, 0.29) is 17.3 Å². The van der Waals surface area contributed by atoms with E-state index in [2.05, 4.69) is 15.4 Å². The molecule has 0 unspecified atom stereocenters. The van der Waals surface area contributed by atoms with Gasteiger partial charge < -0.3 is 9.84 Å². The molecule has 1 amide bonds. The Bertz CT molecular complexity index is 760. The number of nitrogens with one attached hydrogen (secondary N) is 1. The van der Waals surface area contributed by atoms with Crippen LogP contribution in [0, 0.1) is 5.82 Å². The first kappa shape index (κ1) is 17.2. The summed E-state index contributed by atoms with van der Waals surface area (Å²) < 4.78 is 18.4. The third kappa shape index (κ3) is 3.26. The van der Waals surface area contributed by atoms with Crippen molar-refractivity contribution in [2.45, 2.75) is 50.6 Å². The molecule has 26 heavy (non-hydrogen) atoms. The lowest BCUT2D eigenvalue weighted by molar-refractivity contribution is -0.133. The number of hydrogen-bond acceptors (Lipinski definition) is 4. The Balaban J connectivity index is 1.42. The van der Waals surface area contributed by atoms with Gasteiger partial charge in [0.25, 0.3) is 0 Å². The van der Waals surface area contributed by atoms with Gasteiger partial charge >= 0.3 is 0 Å². The molecule has 2 heterocycles. The Hall–Kier alpha value is -2.21. The molecule has 2 aliphatic rings. The number of benzene rings is 1. The first-order valence-electron chi connectivity index (χ1n) is 9.42. The molecule has 2 aromatic rings. The van der Waals surface area contributed by atoms with Gasteiger partial charge in [0.15, 0.2) is 5.76 Å². The van der Waals surface area contributed by atoms with Crippen molar-refractivity contribution in [1.29, 1.82) is 0 Å². The summed E-state index contributed by atoms with van der Waals surface area (Å²) in [6, 6.07) is 7.91. The second kappa shape index (κ2) is 7.19. The third-order valence-electron chi connectivity index (χ3n) is 5.69. The Labute approximate surface area is 152 Å². The Kier molecular flexibility index (Phi) is 4.76. The van der Waals surface area contributed by atoms with Crippen LogP contribution in [0.1, 0.15) is 44.3 Å². The predicted molar refractivity (Wildman–Crippen MR) is 95.7 cm³/mol. The van der Waals surface area contributed by atoms with Crippen LogP contribution >= 0.6 is 0 Å². The SMILES string of the molecule is O=C(NCc1cc(-c2ccc(F)cc2)no1)C1(N2CCCC2)CCCC1. The lowest BCUT2D eigenvalue weighted by Crippen LogP contribution is -2.56. The van der Waals surface area contributed by atoms with Crippen molar-refractivity contribution >= 4 is 5.91 Å². The van der Waals surface area contributed by atoms with Crippen molar-refractivity contribution in [3.8, 4) is 11.3 Å². The zero-order valence-electron chi connectivity index (χ0n) is 14.8. The number of carbonyl (C=O) groups is 1. The molecule has 6 heteroatoms. The van der Waals surface area contributed by atoms with Gasteiger partial charge in [-0.05, 0) is 63.0 Å².